The normalized spacial score (nSPS) is 19.1. The van der Waals surface area contributed by atoms with E-state index in [0.29, 0.717) is 6.04 Å². The molecule has 0 bridgehead atoms. The molecule has 22 heavy (non-hydrogen) atoms. The summed E-state index contributed by atoms with van der Waals surface area (Å²) in [5.41, 5.74) is 1.17. The highest BCUT2D eigenvalue weighted by Gasteiger charge is 2.25. The lowest BCUT2D eigenvalue weighted by Crippen LogP contribution is -2.39. The Morgan fingerprint density at radius 2 is 2.23 bits per heavy atom. The fourth-order valence-electron chi connectivity index (χ4n) is 3.34. The topological polar surface area (TPSA) is 19.4 Å². The van der Waals surface area contributed by atoms with Gasteiger partial charge in [0, 0.05) is 36.8 Å². The first kappa shape index (κ1) is 15.7. The van der Waals surface area contributed by atoms with E-state index in [1.165, 1.54) is 36.5 Å². The molecule has 2 aromatic rings. The number of rotatable bonds is 7. The summed E-state index contributed by atoms with van der Waals surface area (Å²) in [5.74, 6) is 0. The van der Waals surface area contributed by atoms with E-state index in [9.17, 15) is 0 Å². The number of hydrogen-bond donors (Lipinski definition) is 0. The molecule has 1 saturated heterocycles. The molecule has 1 aliphatic rings. The van der Waals surface area contributed by atoms with Crippen LogP contribution in [0.2, 0.25) is 0 Å². The van der Waals surface area contributed by atoms with Gasteiger partial charge in [0.05, 0.1) is 5.69 Å². The Kier molecular flexibility index (Phi) is 5.59. The summed E-state index contributed by atoms with van der Waals surface area (Å²) in [5, 5.41) is 2.17. The van der Waals surface area contributed by atoms with Crippen LogP contribution in [0.3, 0.4) is 0 Å². The second-order valence-electron chi connectivity index (χ2n) is 5.99. The SMILES string of the molecule is CCN1CCC[C@H]1CN(Cc1ccccn1)Cc1cccs1. The second kappa shape index (κ2) is 7.86. The van der Waals surface area contributed by atoms with Crippen molar-refractivity contribution in [3.8, 4) is 0 Å². The van der Waals surface area contributed by atoms with E-state index in [4.69, 9.17) is 0 Å². The van der Waals surface area contributed by atoms with Crippen LogP contribution in [-0.2, 0) is 13.1 Å². The first-order valence-corrected chi connectivity index (χ1v) is 9.12. The zero-order valence-corrected chi connectivity index (χ0v) is 14.1. The molecule has 0 unspecified atom stereocenters. The number of likely N-dealkylation sites (N-methyl/N-ethyl adjacent to an activating group) is 1. The first-order chi connectivity index (χ1) is 10.8. The van der Waals surface area contributed by atoms with Gasteiger partial charge in [-0.15, -0.1) is 11.3 Å². The van der Waals surface area contributed by atoms with Crippen molar-refractivity contribution < 1.29 is 0 Å². The monoisotopic (exact) mass is 315 g/mol. The fraction of sp³-hybridized carbons (Fsp3) is 0.500. The van der Waals surface area contributed by atoms with E-state index in [0.717, 1.165) is 19.6 Å². The zero-order valence-electron chi connectivity index (χ0n) is 13.3. The third-order valence-electron chi connectivity index (χ3n) is 4.45. The van der Waals surface area contributed by atoms with Gasteiger partial charge in [0.25, 0.3) is 0 Å². The summed E-state index contributed by atoms with van der Waals surface area (Å²) in [6.45, 7) is 7.82. The highest BCUT2D eigenvalue weighted by Crippen LogP contribution is 2.20. The molecule has 0 aliphatic carbocycles. The molecule has 0 N–H and O–H groups in total. The Morgan fingerprint density at radius 1 is 1.27 bits per heavy atom. The van der Waals surface area contributed by atoms with Gasteiger partial charge in [-0.05, 0) is 49.5 Å². The maximum Gasteiger partial charge on any atom is 0.0544 e. The first-order valence-electron chi connectivity index (χ1n) is 8.24. The molecule has 1 atom stereocenters. The molecule has 0 aromatic carbocycles. The summed E-state index contributed by atoms with van der Waals surface area (Å²) < 4.78 is 0. The average molecular weight is 315 g/mol. The summed E-state index contributed by atoms with van der Waals surface area (Å²) in [7, 11) is 0. The Morgan fingerprint density at radius 3 is 2.95 bits per heavy atom. The molecule has 118 valence electrons. The Labute approximate surface area is 137 Å². The number of thiophene rings is 1. The van der Waals surface area contributed by atoms with Crippen LogP contribution in [0.1, 0.15) is 30.3 Å². The quantitative estimate of drug-likeness (QED) is 0.778. The van der Waals surface area contributed by atoms with E-state index >= 15 is 0 Å². The summed E-state index contributed by atoms with van der Waals surface area (Å²) in [6, 6.07) is 11.3. The van der Waals surface area contributed by atoms with Crippen LogP contribution < -0.4 is 0 Å². The maximum absolute atomic E-state index is 4.51. The van der Waals surface area contributed by atoms with Crippen molar-refractivity contribution in [1.29, 1.82) is 0 Å². The molecular weight excluding hydrogens is 290 g/mol. The number of hydrogen-bond acceptors (Lipinski definition) is 4. The lowest BCUT2D eigenvalue weighted by Gasteiger charge is -2.29. The van der Waals surface area contributed by atoms with Gasteiger partial charge in [0.15, 0.2) is 0 Å². The summed E-state index contributed by atoms with van der Waals surface area (Å²) in [6.07, 6.45) is 4.57. The van der Waals surface area contributed by atoms with Crippen molar-refractivity contribution >= 4 is 11.3 Å². The molecule has 4 heteroatoms. The highest BCUT2D eigenvalue weighted by molar-refractivity contribution is 7.09. The predicted octanol–water partition coefficient (Wildman–Crippen LogP) is 3.63. The average Bonchev–Trinajstić information content (AvgIpc) is 3.20. The molecule has 0 radical (unpaired) electrons. The number of aromatic nitrogens is 1. The third-order valence-corrected chi connectivity index (χ3v) is 5.31. The molecule has 0 saturated carbocycles. The van der Waals surface area contributed by atoms with Gasteiger partial charge in [0.2, 0.25) is 0 Å². The molecule has 3 heterocycles. The number of likely N-dealkylation sites (tertiary alicyclic amines) is 1. The molecule has 3 nitrogen and oxygen atoms in total. The minimum absolute atomic E-state index is 0.702. The lowest BCUT2D eigenvalue weighted by molar-refractivity contribution is 0.165. The molecule has 0 amide bonds. The van der Waals surface area contributed by atoms with Crippen LogP contribution >= 0.6 is 11.3 Å². The third kappa shape index (κ3) is 4.15. The van der Waals surface area contributed by atoms with Crippen molar-refractivity contribution in [2.45, 2.75) is 38.9 Å². The zero-order chi connectivity index (χ0) is 15.2. The van der Waals surface area contributed by atoms with Crippen molar-refractivity contribution in [2.24, 2.45) is 0 Å². The Hall–Kier alpha value is -1.23. The van der Waals surface area contributed by atoms with Crippen LogP contribution in [-0.4, -0.2) is 40.5 Å². The molecule has 3 rings (SSSR count). The van der Waals surface area contributed by atoms with Gasteiger partial charge in [-0.3, -0.25) is 14.8 Å². The standard InChI is InChI=1S/C18H25N3S/c1-2-21-11-5-8-17(21)14-20(15-18-9-6-12-22-18)13-16-7-3-4-10-19-16/h3-4,6-7,9-10,12,17H,2,5,8,11,13-15H2,1H3/t17-/m0/s1. The van der Waals surface area contributed by atoms with Gasteiger partial charge >= 0.3 is 0 Å². The van der Waals surface area contributed by atoms with E-state index in [2.05, 4.69) is 51.4 Å². The molecule has 1 aliphatic heterocycles. The van der Waals surface area contributed by atoms with E-state index in [-0.39, 0.29) is 0 Å². The van der Waals surface area contributed by atoms with Crippen LogP contribution in [0, 0.1) is 0 Å². The van der Waals surface area contributed by atoms with Crippen molar-refractivity contribution in [3.63, 3.8) is 0 Å². The van der Waals surface area contributed by atoms with Gasteiger partial charge < -0.3 is 0 Å². The van der Waals surface area contributed by atoms with Gasteiger partial charge in [-0.25, -0.2) is 0 Å². The number of pyridine rings is 1. The van der Waals surface area contributed by atoms with Crippen molar-refractivity contribution in [1.82, 2.24) is 14.8 Å². The maximum atomic E-state index is 4.51. The van der Waals surface area contributed by atoms with Crippen LogP contribution in [0.15, 0.2) is 41.9 Å². The Bertz CT molecular complexity index is 541. The van der Waals surface area contributed by atoms with Crippen LogP contribution in [0.5, 0.6) is 0 Å². The van der Waals surface area contributed by atoms with Gasteiger partial charge in [-0.1, -0.05) is 19.1 Å². The summed E-state index contributed by atoms with van der Waals surface area (Å²) >= 11 is 1.85. The van der Waals surface area contributed by atoms with Crippen molar-refractivity contribution in [2.75, 3.05) is 19.6 Å². The number of nitrogens with zero attached hydrogens (tertiary/aromatic N) is 3. The minimum atomic E-state index is 0.702. The largest absolute Gasteiger partial charge is 0.299 e. The minimum Gasteiger partial charge on any atom is -0.299 e. The van der Waals surface area contributed by atoms with Gasteiger partial charge in [-0.2, -0.15) is 0 Å². The second-order valence-corrected chi connectivity index (χ2v) is 7.03. The van der Waals surface area contributed by atoms with Crippen LogP contribution in [0.25, 0.3) is 0 Å². The predicted molar refractivity (Wildman–Crippen MR) is 92.9 cm³/mol. The van der Waals surface area contributed by atoms with E-state index in [1.54, 1.807) is 0 Å². The Balaban J connectivity index is 1.68. The lowest BCUT2D eigenvalue weighted by atomic mass is 10.2. The van der Waals surface area contributed by atoms with Crippen molar-refractivity contribution in [3.05, 3.63) is 52.5 Å². The molecule has 0 spiro atoms. The van der Waals surface area contributed by atoms with Crippen LogP contribution in [0.4, 0.5) is 0 Å². The molecule has 2 aromatic heterocycles. The summed E-state index contributed by atoms with van der Waals surface area (Å²) in [4.78, 5) is 11.1. The molecule has 1 fully saturated rings. The smallest absolute Gasteiger partial charge is 0.0544 e. The van der Waals surface area contributed by atoms with E-state index in [1.807, 2.05) is 23.6 Å². The van der Waals surface area contributed by atoms with Gasteiger partial charge in [0.1, 0.15) is 0 Å². The fourth-order valence-corrected chi connectivity index (χ4v) is 4.09. The van der Waals surface area contributed by atoms with E-state index < -0.39 is 0 Å². The highest BCUT2D eigenvalue weighted by atomic mass is 32.1. The molecular formula is C18H25N3S.